The van der Waals surface area contributed by atoms with Gasteiger partial charge in [0, 0.05) is 29.3 Å². The standard InChI is InChI=1S/C13H19BrN2O/c1-4-15-9-10(14)8-11(15)12(17)16-7-5-6-13(16,2)3/h8-9H,4-7H2,1-3H3. The molecule has 0 unspecified atom stereocenters. The number of halogens is 1. The van der Waals surface area contributed by atoms with Crippen molar-refractivity contribution in [1.82, 2.24) is 9.47 Å². The summed E-state index contributed by atoms with van der Waals surface area (Å²) in [6, 6.07) is 1.92. The molecule has 1 aliphatic rings. The van der Waals surface area contributed by atoms with Gasteiger partial charge in [-0.3, -0.25) is 4.79 Å². The van der Waals surface area contributed by atoms with Gasteiger partial charge in [0.2, 0.25) is 0 Å². The van der Waals surface area contributed by atoms with Crippen LogP contribution in [0.5, 0.6) is 0 Å². The molecule has 17 heavy (non-hydrogen) atoms. The van der Waals surface area contributed by atoms with Gasteiger partial charge < -0.3 is 9.47 Å². The smallest absolute Gasteiger partial charge is 0.270 e. The molecule has 0 aromatic carbocycles. The van der Waals surface area contributed by atoms with E-state index in [2.05, 4.69) is 36.7 Å². The molecule has 1 aromatic heterocycles. The van der Waals surface area contributed by atoms with Gasteiger partial charge in [-0.2, -0.15) is 0 Å². The van der Waals surface area contributed by atoms with Gasteiger partial charge in [0.1, 0.15) is 5.69 Å². The summed E-state index contributed by atoms with van der Waals surface area (Å²) in [4.78, 5) is 14.5. The molecule has 0 bridgehead atoms. The summed E-state index contributed by atoms with van der Waals surface area (Å²) >= 11 is 3.44. The quantitative estimate of drug-likeness (QED) is 0.822. The van der Waals surface area contributed by atoms with Gasteiger partial charge >= 0.3 is 0 Å². The van der Waals surface area contributed by atoms with Crippen molar-refractivity contribution < 1.29 is 4.79 Å². The Hall–Kier alpha value is -0.770. The second-order valence-electron chi connectivity index (χ2n) is 5.20. The molecule has 4 heteroatoms. The molecule has 0 spiro atoms. The number of nitrogens with zero attached hydrogens (tertiary/aromatic N) is 2. The lowest BCUT2D eigenvalue weighted by atomic mass is 10.0. The number of rotatable bonds is 2. The SMILES string of the molecule is CCn1cc(Br)cc1C(=O)N1CCCC1(C)C. The molecule has 0 atom stereocenters. The number of amides is 1. The molecular formula is C13H19BrN2O. The first-order valence-electron chi connectivity index (χ1n) is 6.13. The Morgan fingerprint density at radius 3 is 2.76 bits per heavy atom. The summed E-state index contributed by atoms with van der Waals surface area (Å²) in [5.41, 5.74) is 0.779. The van der Waals surface area contributed by atoms with E-state index in [1.165, 1.54) is 0 Å². The van der Waals surface area contributed by atoms with Crippen molar-refractivity contribution in [3.63, 3.8) is 0 Å². The second-order valence-corrected chi connectivity index (χ2v) is 6.12. The van der Waals surface area contributed by atoms with Crippen molar-refractivity contribution in [3.8, 4) is 0 Å². The Kier molecular flexibility index (Phi) is 3.34. The summed E-state index contributed by atoms with van der Waals surface area (Å²) < 4.78 is 2.97. The van der Waals surface area contributed by atoms with Crippen LogP contribution < -0.4 is 0 Å². The first-order chi connectivity index (χ1) is 7.95. The molecule has 1 aliphatic heterocycles. The topological polar surface area (TPSA) is 25.2 Å². The van der Waals surface area contributed by atoms with E-state index in [-0.39, 0.29) is 11.4 Å². The minimum Gasteiger partial charge on any atom is -0.343 e. The third kappa shape index (κ3) is 2.28. The highest BCUT2D eigenvalue weighted by molar-refractivity contribution is 9.10. The molecule has 1 fully saturated rings. The zero-order valence-electron chi connectivity index (χ0n) is 10.7. The highest BCUT2D eigenvalue weighted by Crippen LogP contribution is 2.30. The molecule has 1 amide bonds. The Balaban J connectivity index is 2.31. The molecule has 1 saturated heterocycles. The number of hydrogen-bond donors (Lipinski definition) is 0. The molecule has 2 heterocycles. The van der Waals surface area contributed by atoms with Crippen LogP contribution in [0.15, 0.2) is 16.7 Å². The van der Waals surface area contributed by atoms with Gasteiger partial charge in [0.15, 0.2) is 0 Å². The molecule has 0 saturated carbocycles. The lowest BCUT2D eigenvalue weighted by Gasteiger charge is -2.31. The van der Waals surface area contributed by atoms with Crippen molar-refractivity contribution >= 4 is 21.8 Å². The van der Waals surface area contributed by atoms with E-state index in [4.69, 9.17) is 0 Å². The van der Waals surface area contributed by atoms with Crippen molar-refractivity contribution in [2.24, 2.45) is 0 Å². The number of carbonyl (C=O) groups is 1. The van der Waals surface area contributed by atoms with Gasteiger partial charge in [0.05, 0.1) is 0 Å². The predicted octanol–water partition coefficient (Wildman–Crippen LogP) is 3.29. The van der Waals surface area contributed by atoms with Gasteiger partial charge in [-0.1, -0.05) is 0 Å². The van der Waals surface area contributed by atoms with Crippen LogP contribution in [0.2, 0.25) is 0 Å². The number of carbonyl (C=O) groups excluding carboxylic acids is 1. The van der Waals surface area contributed by atoms with E-state index in [0.717, 1.165) is 36.1 Å². The lowest BCUT2D eigenvalue weighted by molar-refractivity contribution is 0.0641. The number of likely N-dealkylation sites (tertiary alicyclic amines) is 1. The molecule has 1 aromatic rings. The van der Waals surface area contributed by atoms with Crippen LogP contribution in [0.3, 0.4) is 0 Å². The molecule has 0 aliphatic carbocycles. The molecule has 2 rings (SSSR count). The van der Waals surface area contributed by atoms with Crippen molar-refractivity contribution in [2.45, 2.75) is 45.7 Å². The molecule has 94 valence electrons. The third-order valence-electron chi connectivity index (χ3n) is 3.57. The Morgan fingerprint density at radius 1 is 1.53 bits per heavy atom. The number of aryl methyl sites for hydroxylation is 1. The zero-order valence-corrected chi connectivity index (χ0v) is 12.2. The highest BCUT2D eigenvalue weighted by atomic mass is 79.9. The van der Waals surface area contributed by atoms with E-state index in [1.807, 2.05) is 21.7 Å². The first-order valence-corrected chi connectivity index (χ1v) is 6.92. The van der Waals surface area contributed by atoms with Gasteiger partial charge in [-0.05, 0) is 55.6 Å². The van der Waals surface area contributed by atoms with E-state index < -0.39 is 0 Å². The van der Waals surface area contributed by atoms with Crippen LogP contribution in [-0.4, -0.2) is 27.5 Å². The summed E-state index contributed by atoms with van der Waals surface area (Å²) in [5, 5.41) is 0. The summed E-state index contributed by atoms with van der Waals surface area (Å²) in [5.74, 6) is 0.153. The lowest BCUT2D eigenvalue weighted by Crippen LogP contribution is -2.43. The van der Waals surface area contributed by atoms with Gasteiger partial charge in [-0.25, -0.2) is 0 Å². The van der Waals surface area contributed by atoms with Crippen LogP contribution >= 0.6 is 15.9 Å². The Bertz CT molecular complexity index is 437. The fourth-order valence-corrected chi connectivity index (χ4v) is 3.00. The zero-order chi connectivity index (χ0) is 12.6. The summed E-state index contributed by atoms with van der Waals surface area (Å²) in [6.45, 7) is 8.04. The predicted molar refractivity (Wildman–Crippen MR) is 72.2 cm³/mol. The van der Waals surface area contributed by atoms with Gasteiger partial charge in [-0.15, -0.1) is 0 Å². The Labute approximate surface area is 111 Å². The number of hydrogen-bond acceptors (Lipinski definition) is 1. The van der Waals surface area contributed by atoms with E-state index in [9.17, 15) is 4.79 Å². The molecule has 0 radical (unpaired) electrons. The minimum atomic E-state index is -0.00754. The maximum absolute atomic E-state index is 12.5. The van der Waals surface area contributed by atoms with Gasteiger partial charge in [0.25, 0.3) is 5.91 Å². The van der Waals surface area contributed by atoms with Crippen LogP contribution in [-0.2, 0) is 6.54 Å². The highest BCUT2D eigenvalue weighted by Gasteiger charge is 2.36. The van der Waals surface area contributed by atoms with Crippen LogP contribution in [0, 0.1) is 0 Å². The van der Waals surface area contributed by atoms with E-state index in [1.54, 1.807) is 0 Å². The fraction of sp³-hybridized carbons (Fsp3) is 0.615. The average Bonchev–Trinajstić information content (AvgIpc) is 2.80. The third-order valence-corrected chi connectivity index (χ3v) is 4.00. The summed E-state index contributed by atoms with van der Waals surface area (Å²) in [7, 11) is 0. The number of aromatic nitrogens is 1. The fourth-order valence-electron chi connectivity index (χ4n) is 2.54. The monoisotopic (exact) mass is 298 g/mol. The first kappa shape index (κ1) is 12.7. The van der Waals surface area contributed by atoms with Crippen LogP contribution in [0.1, 0.15) is 44.1 Å². The van der Waals surface area contributed by atoms with Crippen molar-refractivity contribution in [2.75, 3.05) is 6.54 Å². The minimum absolute atomic E-state index is 0.00754. The van der Waals surface area contributed by atoms with E-state index in [0.29, 0.717) is 0 Å². The molecule has 0 N–H and O–H groups in total. The Morgan fingerprint density at radius 2 is 2.24 bits per heavy atom. The van der Waals surface area contributed by atoms with Crippen molar-refractivity contribution in [1.29, 1.82) is 0 Å². The van der Waals surface area contributed by atoms with Crippen molar-refractivity contribution in [3.05, 3.63) is 22.4 Å². The largest absolute Gasteiger partial charge is 0.343 e. The van der Waals surface area contributed by atoms with Crippen LogP contribution in [0.4, 0.5) is 0 Å². The maximum Gasteiger partial charge on any atom is 0.270 e. The molecule has 3 nitrogen and oxygen atoms in total. The second kappa shape index (κ2) is 4.48. The van der Waals surface area contributed by atoms with E-state index >= 15 is 0 Å². The van der Waals surface area contributed by atoms with Crippen LogP contribution in [0.25, 0.3) is 0 Å². The summed E-state index contributed by atoms with van der Waals surface area (Å²) in [6.07, 6.45) is 4.16. The normalized spacial score (nSPS) is 18.7. The average molecular weight is 299 g/mol. The maximum atomic E-state index is 12.5. The molecular weight excluding hydrogens is 280 g/mol.